The van der Waals surface area contributed by atoms with Gasteiger partial charge in [-0.25, -0.2) is 0 Å². The third kappa shape index (κ3) is 6.71. The average molecular weight is 284 g/mol. The molecule has 1 saturated heterocycles. The second kappa shape index (κ2) is 9.35. The van der Waals surface area contributed by atoms with Crippen LogP contribution in [0.2, 0.25) is 0 Å². The van der Waals surface area contributed by atoms with Crippen LogP contribution in [0.4, 0.5) is 0 Å². The lowest BCUT2D eigenvalue weighted by molar-refractivity contribution is -0.133. The molecule has 0 atom stereocenters. The first-order chi connectivity index (χ1) is 9.50. The maximum absolute atomic E-state index is 12.1. The van der Waals surface area contributed by atoms with Crippen LogP contribution in [0, 0.1) is 0 Å². The fourth-order valence-electron chi connectivity index (χ4n) is 2.52. The quantitative estimate of drug-likeness (QED) is 0.642. The minimum Gasteiger partial charge on any atom is -0.379 e. The molecule has 0 unspecified atom stereocenters. The molecule has 0 radical (unpaired) electrons. The minimum atomic E-state index is 0.314. The Morgan fingerprint density at radius 3 is 2.20 bits per heavy atom. The van der Waals surface area contributed by atoms with Gasteiger partial charge in [0.05, 0.1) is 6.10 Å². The Morgan fingerprint density at radius 1 is 1.00 bits per heavy atom. The fourth-order valence-corrected chi connectivity index (χ4v) is 2.52. The molecule has 1 amide bonds. The molecule has 1 rings (SSSR count). The third-order valence-corrected chi connectivity index (χ3v) is 3.88. The molecule has 0 aromatic carbocycles. The van der Waals surface area contributed by atoms with E-state index in [-0.39, 0.29) is 0 Å². The molecular weight excluding hydrogens is 252 g/mol. The van der Waals surface area contributed by atoms with E-state index in [9.17, 15) is 4.79 Å². The lowest BCUT2D eigenvalue weighted by atomic mass is 10.1. The highest BCUT2D eigenvalue weighted by molar-refractivity contribution is 5.76. The van der Waals surface area contributed by atoms with E-state index in [0.717, 1.165) is 52.0 Å². The monoisotopic (exact) mass is 284 g/mol. The molecule has 0 aromatic rings. The van der Waals surface area contributed by atoms with Gasteiger partial charge in [0.2, 0.25) is 5.91 Å². The van der Waals surface area contributed by atoms with E-state index in [1.807, 2.05) is 4.90 Å². The molecule has 0 saturated carbocycles. The van der Waals surface area contributed by atoms with Crippen LogP contribution in [0.25, 0.3) is 0 Å². The Labute approximate surface area is 124 Å². The van der Waals surface area contributed by atoms with Crippen molar-refractivity contribution in [2.45, 2.75) is 65.5 Å². The molecule has 1 aliphatic rings. The van der Waals surface area contributed by atoms with Gasteiger partial charge in [-0.1, -0.05) is 6.42 Å². The number of amides is 1. The summed E-state index contributed by atoms with van der Waals surface area (Å²) < 4.78 is 5.50. The zero-order valence-corrected chi connectivity index (χ0v) is 13.7. The molecule has 0 aliphatic carbocycles. The van der Waals surface area contributed by atoms with Gasteiger partial charge < -0.3 is 9.64 Å². The van der Waals surface area contributed by atoms with Crippen molar-refractivity contribution in [1.29, 1.82) is 0 Å². The fraction of sp³-hybridized carbons (Fsp3) is 0.938. The van der Waals surface area contributed by atoms with Crippen LogP contribution >= 0.6 is 0 Å². The van der Waals surface area contributed by atoms with Crippen LogP contribution in [0.3, 0.4) is 0 Å². The van der Waals surface area contributed by atoms with E-state index < -0.39 is 0 Å². The number of ether oxygens (including phenoxy) is 1. The third-order valence-electron chi connectivity index (χ3n) is 3.88. The van der Waals surface area contributed by atoms with Crippen LogP contribution in [0.5, 0.6) is 0 Å². The largest absolute Gasteiger partial charge is 0.379 e. The molecular formula is C16H32N2O2. The Bertz CT molecular complexity index is 272. The summed E-state index contributed by atoms with van der Waals surface area (Å²) in [5.41, 5.74) is 0. The highest BCUT2D eigenvalue weighted by Gasteiger charge is 2.21. The van der Waals surface area contributed by atoms with Crippen molar-refractivity contribution in [2.75, 3.05) is 32.8 Å². The van der Waals surface area contributed by atoms with Gasteiger partial charge in [-0.3, -0.25) is 9.69 Å². The zero-order chi connectivity index (χ0) is 15.0. The number of rotatable bonds is 8. The predicted octanol–water partition coefficient (Wildman–Crippen LogP) is 2.52. The smallest absolute Gasteiger partial charge is 0.222 e. The number of carbonyl (C=O) groups is 1. The first kappa shape index (κ1) is 17.4. The van der Waals surface area contributed by atoms with E-state index in [0.29, 0.717) is 24.5 Å². The van der Waals surface area contributed by atoms with Crippen LogP contribution < -0.4 is 0 Å². The summed E-state index contributed by atoms with van der Waals surface area (Å²) >= 11 is 0. The maximum Gasteiger partial charge on any atom is 0.222 e. The summed E-state index contributed by atoms with van der Waals surface area (Å²) in [6.45, 7) is 13.2. The van der Waals surface area contributed by atoms with E-state index in [2.05, 4.69) is 32.6 Å². The van der Waals surface area contributed by atoms with Crippen LogP contribution in [-0.4, -0.2) is 60.6 Å². The molecule has 0 spiro atoms. The number of hydrogen-bond acceptors (Lipinski definition) is 3. The summed E-state index contributed by atoms with van der Waals surface area (Å²) in [7, 11) is 0. The average Bonchev–Trinajstić information content (AvgIpc) is 2.42. The summed E-state index contributed by atoms with van der Waals surface area (Å²) in [6.07, 6.45) is 4.15. The Balaban J connectivity index is 2.06. The van der Waals surface area contributed by atoms with Gasteiger partial charge in [0.1, 0.15) is 0 Å². The van der Waals surface area contributed by atoms with Crippen LogP contribution in [-0.2, 0) is 9.53 Å². The van der Waals surface area contributed by atoms with Crippen molar-refractivity contribution < 1.29 is 9.53 Å². The van der Waals surface area contributed by atoms with Crippen molar-refractivity contribution in [1.82, 2.24) is 9.80 Å². The highest BCUT2D eigenvalue weighted by Crippen LogP contribution is 2.09. The molecule has 0 bridgehead atoms. The Kier molecular flexibility index (Phi) is 8.15. The molecule has 4 heteroatoms. The molecule has 4 nitrogen and oxygen atoms in total. The van der Waals surface area contributed by atoms with Crippen LogP contribution in [0.15, 0.2) is 0 Å². The molecule has 0 N–H and O–H groups in total. The van der Waals surface area contributed by atoms with Gasteiger partial charge in [-0.05, 0) is 40.5 Å². The van der Waals surface area contributed by atoms with Crippen molar-refractivity contribution in [3.05, 3.63) is 0 Å². The predicted molar refractivity (Wildman–Crippen MR) is 82.8 cm³/mol. The summed E-state index contributed by atoms with van der Waals surface area (Å²) in [6, 6.07) is 0.591. The molecule has 0 aromatic heterocycles. The van der Waals surface area contributed by atoms with Gasteiger partial charge >= 0.3 is 0 Å². The molecule has 20 heavy (non-hydrogen) atoms. The number of nitrogens with zero attached hydrogens (tertiary/aromatic N) is 2. The summed E-state index contributed by atoms with van der Waals surface area (Å²) in [5.74, 6) is 0.332. The second-order valence-electron chi connectivity index (χ2n) is 6.24. The Morgan fingerprint density at radius 2 is 1.65 bits per heavy atom. The Hall–Kier alpha value is -0.610. The second-order valence-corrected chi connectivity index (χ2v) is 6.24. The first-order valence-corrected chi connectivity index (χ1v) is 8.14. The summed E-state index contributed by atoms with van der Waals surface area (Å²) in [4.78, 5) is 16.6. The van der Waals surface area contributed by atoms with E-state index in [1.165, 1.54) is 0 Å². The number of carbonyl (C=O) groups excluding carboxylic acids is 1. The maximum atomic E-state index is 12.1. The molecule has 1 fully saturated rings. The standard InChI is InChI=1S/C16H32N2O2/c1-14(2)17-9-11-18(12-10-17)16(19)8-6-5-7-13-20-15(3)4/h14-15H,5-13H2,1-4H3. The van der Waals surface area contributed by atoms with Gasteiger partial charge in [0.25, 0.3) is 0 Å². The van der Waals surface area contributed by atoms with Crippen molar-refractivity contribution >= 4 is 5.91 Å². The number of piperazine rings is 1. The van der Waals surface area contributed by atoms with Crippen molar-refractivity contribution in [2.24, 2.45) is 0 Å². The van der Waals surface area contributed by atoms with Gasteiger partial charge in [-0.2, -0.15) is 0 Å². The normalized spacial score (nSPS) is 17.2. The SMILES string of the molecule is CC(C)OCCCCCC(=O)N1CCN(C(C)C)CC1. The molecule has 1 aliphatic heterocycles. The molecule has 118 valence electrons. The topological polar surface area (TPSA) is 32.8 Å². The van der Waals surface area contributed by atoms with E-state index in [1.54, 1.807) is 0 Å². The van der Waals surface area contributed by atoms with E-state index in [4.69, 9.17) is 4.74 Å². The first-order valence-electron chi connectivity index (χ1n) is 8.14. The lowest BCUT2D eigenvalue weighted by Crippen LogP contribution is -2.50. The highest BCUT2D eigenvalue weighted by atomic mass is 16.5. The minimum absolute atomic E-state index is 0.314. The van der Waals surface area contributed by atoms with Gasteiger partial charge in [-0.15, -0.1) is 0 Å². The lowest BCUT2D eigenvalue weighted by Gasteiger charge is -2.37. The van der Waals surface area contributed by atoms with E-state index >= 15 is 0 Å². The number of hydrogen-bond donors (Lipinski definition) is 0. The molecule has 1 heterocycles. The number of unbranched alkanes of at least 4 members (excludes halogenated alkanes) is 2. The van der Waals surface area contributed by atoms with Gasteiger partial charge in [0.15, 0.2) is 0 Å². The zero-order valence-electron chi connectivity index (χ0n) is 13.7. The van der Waals surface area contributed by atoms with Crippen molar-refractivity contribution in [3.63, 3.8) is 0 Å². The van der Waals surface area contributed by atoms with Crippen LogP contribution in [0.1, 0.15) is 53.4 Å². The summed E-state index contributed by atoms with van der Waals surface area (Å²) in [5, 5.41) is 0. The van der Waals surface area contributed by atoms with Crippen molar-refractivity contribution in [3.8, 4) is 0 Å². The van der Waals surface area contributed by atoms with Gasteiger partial charge in [0, 0.05) is 45.2 Å².